The first-order valence-electron chi connectivity index (χ1n) is 6.83. The van der Waals surface area contributed by atoms with Crippen molar-refractivity contribution >= 4 is 5.82 Å². The Morgan fingerprint density at radius 3 is 2.95 bits per heavy atom. The minimum Gasteiger partial charge on any atom is -0.489 e. The smallest absolute Gasteiger partial charge is 0.169 e. The maximum Gasteiger partial charge on any atom is 0.169 e. The summed E-state index contributed by atoms with van der Waals surface area (Å²) in [5.41, 5.74) is 3.59. The van der Waals surface area contributed by atoms with Crippen LogP contribution in [0.15, 0.2) is 36.5 Å². The molecule has 0 unspecified atom stereocenters. The predicted molar refractivity (Wildman–Crippen MR) is 79.2 cm³/mol. The fourth-order valence-corrected chi connectivity index (χ4v) is 2.45. The third kappa shape index (κ3) is 2.47. The average molecular weight is 270 g/mol. The molecule has 2 heterocycles. The topological polar surface area (TPSA) is 43.4 Å². The van der Waals surface area contributed by atoms with Gasteiger partial charge in [-0.1, -0.05) is 30.3 Å². The quantitative estimate of drug-likeness (QED) is 0.848. The third-order valence-electron chi connectivity index (χ3n) is 3.42. The average Bonchev–Trinajstić information content (AvgIpc) is 2.98. The number of rotatable bonds is 5. The lowest BCUT2D eigenvalue weighted by Crippen LogP contribution is -2.09. The highest BCUT2D eigenvalue weighted by Crippen LogP contribution is 2.38. The van der Waals surface area contributed by atoms with E-state index in [1.807, 2.05) is 24.4 Å². The number of hydrogen-bond donors (Lipinski definition) is 1. The second-order valence-electron chi connectivity index (χ2n) is 4.71. The van der Waals surface area contributed by atoms with Gasteiger partial charge in [-0.25, -0.2) is 4.98 Å². The number of pyridine rings is 1. The first-order chi connectivity index (χ1) is 9.90. The molecule has 0 atom stereocenters. The van der Waals surface area contributed by atoms with Crippen molar-refractivity contribution in [3.05, 3.63) is 42.1 Å². The van der Waals surface area contributed by atoms with Gasteiger partial charge in [0.15, 0.2) is 11.6 Å². The molecule has 0 amide bonds. The first-order valence-corrected chi connectivity index (χ1v) is 6.83. The number of anilines is 1. The van der Waals surface area contributed by atoms with Crippen molar-refractivity contribution in [2.75, 3.05) is 32.2 Å². The van der Waals surface area contributed by atoms with Crippen LogP contribution in [0.2, 0.25) is 0 Å². The maximum atomic E-state index is 5.76. The van der Waals surface area contributed by atoms with Crippen molar-refractivity contribution in [3.8, 4) is 16.9 Å². The highest BCUT2D eigenvalue weighted by Gasteiger charge is 2.21. The van der Waals surface area contributed by atoms with Gasteiger partial charge in [0.1, 0.15) is 0 Å². The Bertz CT molecular complexity index is 585. The molecule has 0 saturated carbocycles. The molecule has 1 aliphatic rings. The molecule has 1 N–H and O–H groups in total. The van der Waals surface area contributed by atoms with Crippen LogP contribution in [-0.2, 0) is 11.2 Å². The van der Waals surface area contributed by atoms with Crippen LogP contribution in [0, 0.1) is 0 Å². The van der Waals surface area contributed by atoms with Gasteiger partial charge in [-0.05, 0) is 5.56 Å². The van der Waals surface area contributed by atoms with E-state index >= 15 is 0 Å². The van der Waals surface area contributed by atoms with E-state index in [0.29, 0.717) is 6.61 Å². The Hall–Kier alpha value is -2.07. The van der Waals surface area contributed by atoms with Crippen molar-refractivity contribution < 1.29 is 9.47 Å². The Morgan fingerprint density at radius 1 is 1.30 bits per heavy atom. The molecule has 3 rings (SSSR count). The molecule has 20 heavy (non-hydrogen) atoms. The number of nitrogens with zero attached hydrogens (tertiary/aromatic N) is 1. The lowest BCUT2D eigenvalue weighted by atomic mass is 10.0. The van der Waals surface area contributed by atoms with Crippen LogP contribution in [0.1, 0.15) is 5.56 Å². The molecule has 104 valence electrons. The molecule has 1 aromatic heterocycles. The van der Waals surface area contributed by atoms with Gasteiger partial charge in [0.25, 0.3) is 0 Å². The lowest BCUT2D eigenvalue weighted by Gasteiger charge is -2.12. The fourth-order valence-electron chi connectivity index (χ4n) is 2.45. The summed E-state index contributed by atoms with van der Waals surface area (Å²) >= 11 is 0. The summed E-state index contributed by atoms with van der Waals surface area (Å²) in [6.45, 7) is 2.10. The van der Waals surface area contributed by atoms with Crippen molar-refractivity contribution in [1.29, 1.82) is 0 Å². The SMILES string of the molecule is COCCNc1ncc(-c2ccccc2)c2c1OCC2. The molecule has 4 heteroatoms. The molecule has 0 radical (unpaired) electrons. The van der Waals surface area contributed by atoms with Gasteiger partial charge in [0.05, 0.1) is 13.2 Å². The van der Waals surface area contributed by atoms with Gasteiger partial charge in [-0.15, -0.1) is 0 Å². The van der Waals surface area contributed by atoms with E-state index in [2.05, 4.69) is 22.4 Å². The number of benzene rings is 1. The molecule has 0 bridgehead atoms. The standard InChI is InChI=1S/C16H18N2O2/c1-19-10-8-17-16-15-13(7-9-20-15)14(11-18-16)12-5-3-2-4-6-12/h2-6,11H,7-10H2,1H3,(H,17,18). The minimum atomic E-state index is 0.650. The highest BCUT2D eigenvalue weighted by molar-refractivity contribution is 5.74. The number of fused-ring (bicyclic) bond motifs is 1. The number of nitrogens with one attached hydrogen (secondary N) is 1. The zero-order valence-corrected chi connectivity index (χ0v) is 11.6. The molecule has 2 aromatic rings. The van der Waals surface area contributed by atoms with Crippen LogP contribution < -0.4 is 10.1 Å². The second-order valence-corrected chi connectivity index (χ2v) is 4.71. The zero-order valence-electron chi connectivity index (χ0n) is 11.6. The monoisotopic (exact) mass is 270 g/mol. The highest BCUT2D eigenvalue weighted by atomic mass is 16.5. The third-order valence-corrected chi connectivity index (χ3v) is 3.42. The summed E-state index contributed by atoms with van der Waals surface area (Å²) in [7, 11) is 1.69. The van der Waals surface area contributed by atoms with Crippen molar-refractivity contribution in [1.82, 2.24) is 4.98 Å². The van der Waals surface area contributed by atoms with E-state index in [4.69, 9.17) is 9.47 Å². The fraction of sp³-hybridized carbons (Fsp3) is 0.312. The number of methoxy groups -OCH3 is 1. The molecule has 0 spiro atoms. The van der Waals surface area contributed by atoms with Crippen LogP contribution >= 0.6 is 0 Å². The van der Waals surface area contributed by atoms with E-state index < -0.39 is 0 Å². The molecule has 0 saturated heterocycles. The van der Waals surface area contributed by atoms with Gasteiger partial charge in [-0.3, -0.25) is 0 Å². The molecule has 1 aromatic carbocycles. The van der Waals surface area contributed by atoms with E-state index in [9.17, 15) is 0 Å². The van der Waals surface area contributed by atoms with E-state index in [1.54, 1.807) is 7.11 Å². The molecule has 4 nitrogen and oxygen atoms in total. The van der Waals surface area contributed by atoms with Crippen LogP contribution in [0.4, 0.5) is 5.82 Å². The second kappa shape index (κ2) is 5.92. The Kier molecular flexibility index (Phi) is 3.83. The first kappa shape index (κ1) is 12.9. The Balaban J connectivity index is 1.93. The van der Waals surface area contributed by atoms with Crippen molar-refractivity contribution in [3.63, 3.8) is 0 Å². The molecule has 1 aliphatic heterocycles. The largest absolute Gasteiger partial charge is 0.489 e. The lowest BCUT2D eigenvalue weighted by molar-refractivity contribution is 0.210. The number of ether oxygens (including phenoxy) is 2. The predicted octanol–water partition coefficient (Wildman–Crippen LogP) is 2.74. The normalized spacial score (nSPS) is 12.8. The van der Waals surface area contributed by atoms with Crippen molar-refractivity contribution in [2.24, 2.45) is 0 Å². The Labute approximate surface area is 118 Å². The summed E-state index contributed by atoms with van der Waals surface area (Å²) in [4.78, 5) is 4.51. The molecule has 0 aliphatic carbocycles. The zero-order chi connectivity index (χ0) is 13.8. The number of hydrogen-bond acceptors (Lipinski definition) is 4. The summed E-state index contributed by atoms with van der Waals surface area (Å²) in [5.74, 6) is 1.71. The number of aromatic nitrogens is 1. The minimum absolute atomic E-state index is 0.650. The van der Waals surface area contributed by atoms with Gasteiger partial charge in [0, 0.05) is 37.4 Å². The summed E-state index contributed by atoms with van der Waals surface area (Å²) in [5, 5.41) is 3.26. The summed E-state index contributed by atoms with van der Waals surface area (Å²) in [6.07, 6.45) is 2.86. The van der Waals surface area contributed by atoms with Gasteiger partial charge < -0.3 is 14.8 Å². The molecular formula is C16H18N2O2. The van der Waals surface area contributed by atoms with E-state index in [1.165, 1.54) is 11.1 Å². The van der Waals surface area contributed by atoms with Crippen molar-refractivity contribution in [2.45, 2.75) is 6.42 Å². The molecular weight excluding hydrogens is 252 g/mol. The summed E-state index contributed by atoms with van der Waals surface area (Å²) < 4.78 is 10.8. The van der Waals surface area contributed by atoms with E-state index in [0.717, 1.165) is 36.7 Å². The van der Waals surface area contributed by atoms with Crippen LogP contribution in [0.25, 0.3) is 11.1 Å². The van der Waals surface area contributed by atoms with Crippen LogP contribution in [-0.4, -0.2) is 31.9 Å². The van der Waals surface area contributed by atoms with Gasteiger partial charge >= 0.3 is 0 Å². The van der Waals surface area contributed by atoms with E-state index in [-0.39, 0.29) is 0 Å². The summed E-state index contributed by atoms with van der Waals surface area (Å²) in [6, 6.07) is 10.3. The van der Waals surface area contributed by atoms with Gasteiger partial charge in [-0.2, -0.15) is 0 Å². The Morgan fingerprint density at radius 2 is 2.15 bits per heavy atom. The maximum absolute atomic E-state index is 5.76. The molecule has 0 fully saturated rings. The van der Waals surface area contributed by atoms with Crippen LogP contribution in [0.5, 0.6) is 5.75 Å². The van der Waals surface area contributed by atoms with Gasteiger partial charge in [0.2, 0.25) is 0 Å². The van der Waals surface area contributed by atoms with Crippen LogP contribution in [0.3, 0.4) is 0 Å².